The molecule has 136 valence electrons. The molecule has 0 saturated heterocycles. The number of hydrogen-bond acceptors (Lipinski definition) is 0. The van der Waals surface area contributed by atoms with Crippen LogP contribution in [0.15, 0.2) is 134 Å². The molecule has 0 heterocycles. The number of benzene rings is 4. The van der Waals surface area contributed by atoms with E-state index in [0.717, 1.165) is 11.1 Å². The van der Waals surface area contributed by atoms with Gasteiger partial charge in [0, 0.05) is 0 Å². The molecule has 0 saturated carbocycles. The maximum absolute atomic E-state index is 4.10. The van der Waals surface area contributed by atoms with Crippen LogP contribution < -0.4 is 0 Å². The minimum atomic E-state index is 1.08. The van der Waals surface area contributed by atoms with Crippen LogP contribution in [0.5, 0.6) is 0 Å². The van der Waals surface area contributed by atoms with E-state index in [2.05, 4.69) is 61.7 Å². The minimum absolute atomic E-state index is 1.08. The second kappa shape index (κ2) is 9.89. The molecule has 0 aliphatic rings. The van der Waals surface area contributed by atoms with Gasteiger partial charge in [0.15, 0.2) is 0 Å². The Morgan fingerprint density at radius 1 is 0.321 bits per heavy atom. The van der Waals surface area contributed by atoms with Crippen LogP contribution >= 0.6 is 0 Å². The molecule has 0 unspecified atom stereocenters. The zero-order valence-electron chi connectivity index (χ0n) is 16.0. The van der Waals surface area contributed by atoms with Gasteiger partial charge < -0.3 is 0 Å². The van der Waals surface area contributed by atoms with Crippen LogP contribution in [-0.2, 0) is 0 Å². The Bertz CT molecular complexity index is 829. The predicted octanol–water partition coefficient (Wildman–Crippen LogP) is 7.50. The van der Waals surface area contributed by atoms with Gasteiger partial charge in [-0.3, -0.25) is 0 Å². The molecule has 4 aromatic rings. The average molecular weight is 360 g/mol. The van der Waals surface area contributed by atoms with E-state index in [1.165, 1.54) is 22.3 Å². The lowest BCUT2D eigenvalue weighted by molar-refractivity contribution is 1.56. The first kappa shape index (κ1) is 19.1. The molecule has 28 heavy (non-hydrogen) atoms. The van der Waals surface area contributed by atoms with Crippen LogP contribution in [0.25, 0.3) is 11.1 Å². The largest absolute Gasteiger partial charge is 0.0906 e. The van der Waals surface area contributed by atoms with Crippen molar-refractivity contribution in [3.63, 3.8) is 0 Å². The summed E-state index contributed by atoms with van der Waals surface area (Å²) in [4.78, 5) is 0. The molecule has 0 spiro atoms. The Labute approximate surface area is 168 Å². The molecule has 0 nitrogen and oxygen atoms in total. The molecular weight excluding hydrogens is 336 g/mol. The number of hydrogen-bond donors (Lipinski definition) is 0. The summed E-state index contributed by atoms with van der Waals surface area (Å²) >= 11 is 0. The maximum atomic E-state index is 4.10. The van der Waals surface area contributed by atoms with Gasteiger partial charge >= 0.3 is 0 Å². The first-order valence-electron chi connectivity index (χ1n) is 9.35. The first-order chi connectivity index (χ1) is 13.8. The topological polar surface area (TPSA) is 0 Å². The van der Waals surface area contributed by atoms with Crippen LogP contribution in [0.2, 0.25) is 0 Å². The Hall–Kier alpha value is -3.64. The lowest BCUT2D eigenvalue weighted by Gasteiger charge is -2.04. The van der Waals surface area contributed by atoms with Gasteiger partial charge in [0.25, 0.3) is 0 Å². The van der Waals surface area contributed by atoms with Crippen LogP contribution in [0.1, 0.15) is 22.3 Å². The highest BCUT2D eigenvalue weighted by molar-refractivity contribution is 5.78. The predicted molar refractivity (Wildman–Crippen MR) is 122 cm³/mol. The van der Waals surface area contributed by atoms with Gasteiger partial charge in [0.05, 0.1) is 0 Å². The van der Waals surface area contributed by atoms with Gasteiger partial charge in [0.2, 0.25) is 0 Å². The molecule has 0 aliphatic heterocycles. The maximum Gasteiger partial charge on any atom is -0.0183 e. The molecule has 0 radical (unpaired) electrons. The smallest absolute Gasteiger partial charge is 0.0183 e. The van der Waals surface area contributed by atoms with Gasteiger partial charge in [-0.1, -0.05) is 134 Å². The molecule has 0 atom stereocenters. The van der Waals surface area contributed by atoms with E-state index < -0.39 is 0 Å². The molecule has 0 bridgehead atoms. The van der Waals surface area contributed by atoms with Gasteiger partial charge in [0.1, 0.15) is 0 Å². The molecule has 4 rings (SSSR count). The van der Waals surface area contributed by atoms with Crippen molar-refractivity contribution in [3.8, 4) is 0 Å². The Kier molecular flexibility index (Phi) is 6.76. The van der Waals surface area contributed by atoms with Crippen molar-refractivity contribution >= 4 is 11.1 Å². The molecule has 4 aromatic carbocycles. The Morgan fingerprint density at radius 2 is 0.500 bits per heavy atom. The fourth-order valence-corrected chi connectivity index (χ4v) is 2.89. The van der Waals surface area contributed by atoms with Crippen molar-refractivity contribution in [2.45, 2.75) is 0 Å². The van der Waals surface area contributed by atoms with Crippen molar-refractivity contribution in [2.75, 3.05) is 0 Å². The molecule has 0 N–H and O–H groups in total. The monoisotopic (exact) mass is 360 g/mol. The lowest BCUT2D eigenvalue weighted by Crippen LogP contribution is -1.84. The van der Waals surface area contributed by atoms with Crippen molar-refractivity contribution in [2.24, 2.45) is 0 Å². The van der Waals surface area contributed by atoms with Crippen LogP contribution in [0, 0.1) is 0 Å². The van der Waals surface area contributed by atoms with E-state index in [9.17, 15) is 0 Å². The lowest BCUT2D eigenvalue weighted by atomic mass is 10.0. The summed E-state index contributed by atoms with van der Waals surface area (Å²) in [6.45, 7) is 8.19. The Morgan fingerprint density at radius 3 is 0.679 bits per heavy atom. The normalized spacial score (nSPS) is 9.71. The molecule has 0 heteroatoms. The third-order valence-corrected chi connectivity index (χ3v) is 4.49. The van der Waals surface area contributed by atoms with E-state index in [-0.39, 0.29) is 0 Å². The van der Waals surface area contributed by atoms with E-state index in [1.54, 1.807) is 0 Å². The van der Waals surface area contributed by atoms with Gasteiger partial charge in [-0.2, -0.15) is 0 Å². The highest BCUT2D eigenvalue weighted by Gasteiger charge is 2.00. The van der Waals surface area contributed by atoms with Gasteiger partial charge in [-0.25, -0.2) is 0 Å². The van der Waals surface area contributed by atoms with Gasteiger partial charge in [-0.15, -0.1) is 0 Å². The van der Waals surface area contributed by atoms with Crippen molar-refractivity contribution in [1.82, 2.24) is 0 Å². The average Bonchev–Trinajstić information content (AvgIpc) is 2.81. The van der Waals surface area contributed by atoms with E-state index >= 15 is 0 Å². The van der Waals surface area contributed by atoms with Crippen molar-refractivity contribution in [3.05, 3.63) is 157 Å². The first-order valence-corrected chi connectivity index (χ1v) is 9.35. The van der Waals surface area contributed by atoms with Crippen LogP contribution in [-0.4, -0.2) is 0 Å². The van der Waals surface area contributed by atoms with Crippen molar-refractivity contribution in [1.29, 1.82) is 0 Å². The Balaban J connectivity index is 0.000000161. The summed E-state index contributed by atoms with van der Waals surface area (Å²) < 4.78 is 0. The van der Waals surface area contributed by atoms with E-state index in [0.29, 0.717) is 0 Å². The fourth-order valence-electron chi connectivity index (χ4n) is 2.89. The van der Waals surface area contributed by atoms with Gasteiger partial charge in [-0.05, 0) is 33.4 Å². The van der Waals surface area contributed by atoms with E-state index in [4.69, 9.17) is 0 Å². The molecule has 0 fully saturated rings. The zero-order chi connectivity index (χ0) is 19.6. The SMILES string of the molecule is C=C(c1ccccc1)c1ccccc1.C=C(c1ccccc1)c1ccccc1. The summed E-state index contributed by atoms with van der Waals surface area (Å²) in [5.74, 6) is 0. The summed E-state index contributed by atoms with van der Waals surface area (Å²) in [6.07, 6.45) is 0. The summed E-state index contributed by atoms with van der Waals surface area (Å²) in [6, 6.07) is 40.9. The molecule has 0 aliphatic carbocycles. The zero-order valence-corrected chi connectivity index (χ0v) is 16.0. The van der Waals surface area contributed by atoms with Crippen LogP contribution in [0.3, 0.4) is 0 Å². The quantitative estimate of drug-likeness (QED) is 0.353. The minimum Gasteiger partial charge on any atom is -0.0906 e. The van der Waals surface area contributed by atoms with Crippen LogP contribution in [0.4, 0.5) is 0 Å². The van der Waals surface area contributed by atoms with E-state index in [1.807, 2.05) is 72.8 Å². The second-order valence-corrected chi connectivity index (χ2v) is 6.42. The number of rotatable bonds is 4. The highest BCUT2D eigenvalue weighted by Crippen LogP contribution is 2.21. The third kappa shape index (κ3) is 5.18. The fraction of sp³-hybridized carbons (Fsp3) is 0. The standard InChI is InChI=1S/2C14H12/c2*1-12(13-8-4-2-5-9-13)14-10-6-3-7-11-14/h2*2-11H,1H2. The third-order valence-electron chi connectivity index (χ3n) is 4.49. The molecule has 0 aromatic heterocycles. The summed E-state index contributed by atoms with van der Waals surface area (Å²) in [7, 11) is 0. The highest BCUT2D eigenvalue weighted by atomic mass is 14.0. The summed E-state index contributed by atoms with van der Waals surface area (Å²) in [5, 5.41) is 0. The summed E-state index contributed by atoms with van der Waals surface area (Å²) in [5.41, 5.74) is 6.87. The molecule has 0 amide bonds. The molecular formula is C28H24. The van der Waals surface area contributed by atoms with Crippen molar-refractivity contribution < 1.29 is 0 Å². The second-order valence-electron chi connectivity index (χ2n) is 6.42.